The molecular weight excluding hydrogens is 234 g/mol. The van der Waals surface area contributed by atoms with Gasteiger partial charge in [0.25, 0.3) is 0 Å². The van der Waals surface area contributed by atoms with E-state index in [0.717, 1.165) is 11.0 Å². The molecule has 0 fully saturated rings. The Balaban J connectivity index is 0.00000324. The second-order valence-corrected chi connectivity index (χ2v) is 6.07. The molecule has 1 aromatic rings. The zero-order valence-corrected chi connectivity index (χ0v) is 12.9. The van der Waals surface area contributed by atoms with Crippen molar-refractivity contribution in [2.24, 2.45) is 0 Å². The predicted molar refractivity (Wildman–Crippen MR) is 82.4 cm³/mol. The van der Waals surface area contributed by atoms with Crippen molar-refractivity contribution in [1.29, 1.82) is 0 Å². The Morgan fingerprint density at radius 2 is 1.42 bits per heavy atom. The van der Waals surface area contributed by atoms with Gasteiger partial charge in [0, 0.05) is 5.56 Å². The van der Waals surface area contributed by atoms with Crippen LogP contribution in [0.2, 0.25) is 0 Å². The lowest BCUT2D eigenvalue weighted by Gasteiger charge is -2.30. The van der Waals surface area contributed by atoms with E-state index in [2.05, 4.69) is 51.4 Å². The number of benzene rings is 1. The SMILES string of the molecule is CCCCCCCC[N+](C)(C)Cc1ccccc1.[OH-]. The Labute approximate surface area is 119 Å². The Kier molecular flexibility index (Phi) is 9.54. The molecule has 0 saturated carbocycles. The highest BCUT2D eigenvalue weighted by Gasteiger charge is 2.14. The van der Waals surface area contributed by atoms with E-state index in [1.807, 2.05) is 0 Å². The molecule has 1 N–H and O–H groups in total. The van der Waals surface area contributed by atoms with Gasteiger partial charge in [-0.2, -0.15) is 0 Å². The predicted octanol–water partition coefficient (Wildman–Crippen LogP) is 4.45. The summed E-state index contributed by atoms with van der Waals surface area (Å²) in [7, 11) is 4.69. The molecule has 0 radical (unpaired) electrons. The Morgan fingerprint density at radius 1 is 0.842 bits per heavy atom. The summed E-state index contributed by atoms with van der Waals surface area (Å²) in [5.74, 6) is 0. The van der Waals surface area contributed by atoms with E-state index in [9.17, 15) is 0 Å². The van der Waals surface area contributed by atoms with Gasteiger partial charge in [-0.3, -0.25) is 0 Å². The van der Waals surface area contributed by atoms with E-state index in [4.69, 9.17) is 0 Å². The third-order valence-corrected chi connectivity index (χ3v) is 3.57. The molecule has 0 spiro atoms. The van der Waals surface area contributed by atoms with Crippen LogP contribution in [0.3, 0.4) is 0 Å². The van der Waals surface area contributed by atoms with Crippen LogP contribution in [0.1, 0.15) is 51.0 Å². The summed E-state index contributed by atoms with van der Waals surface area (Å²) in [5.41, 5.74) is 1.45. The van der Waals surface area contributed by atoms with Gasteiger partial charge >= 0.3 is 0 Å². The minimum atomic E-state index is 0. The van der Waals surface area contributed by atoms with Crippen LogP contribution in [0.5, 0.6) is 0 Å². The molecule has 0 aromatic heterocycles. The molecule has 2 nitrogen and oxygen atoms in total. The van der Waals surface area contributed by atoms with Crippen molar-refractivity contribution >= 4 is 0 Å². The van der Waals surface area contributed by atoms with E-state index >= 15 is 0 Å². The fourth-order valence-corrected chi connectivity index (χ4v) is 2.48. The molecule has 19 heavy (non-hydrogen) atoms. The van der Waals surface area contributed by atoms with Crippen molar-refractivity contribution in [3.63, 3.8) is 0 Å². The number of hydrogen-bond acceptors (Lipinski definition) is 1. The molecule has 0 aliphatic carbocycles. The van der Waals surface area contributed by atoms with E-state index in [0.29, 0.717) is 0 Å². The van der Waals surface area contributed by atoms with Crippen molar-refractivity contribution in [2.45, 2.75) is 52.0 Å². The molecule has 1 rings (SSSR count). The smallest absolute Gasteiger partial charge is 0.104 e. The summed E-state index contributed by atoms with van der Waals surface area (Å²) in [6.07, 6.45) is 8.35. The Bertz CT molecular complexity index is 308. The van der Waals surface area contributed by atoms with E-state index < -0.39 is 0 Å². The van der Waals surface area contributed by atoms with Crippen LogP contribution in [0.4, 0.5) is 0 Å². The third kappa shape index (κ3) is 8.79. The van der Waals surface area contributed by atoms with E-state index in [1.165, 1.54) is 50.6 Å². The van der Waals surface area contributed by atoms with Crippen LogP contribution in [-0.4, -0.2) is 30.6 Å². The van der Waals surface area contributed by atoms with Gasteiger partial charge in [0.15, 0.2) is 0 Å². The number of rotatable bonds is 9. The molecule has 0 aliphatic heterocycles. The maximum absolute atomic E-state index is 2.35. The summed E-state index contributed by atoms with van der Waals surface area (Å²) in [5, 5.41) is 0. The monoisotopic (exact) mass is 265 g/mol. The second kappa shape index (κ2) is 9.99. The van der Waals surface area contributed by atoms with Crippen molar-refractivity contribution in [3.05, 3.63) is 35.9 Å². The zero-order valence-electron chi connectivity index (χ0n) is 12.9. The summed E-state index contributed by atoms with van der Waals surface area (Å²) < 4.78 is 1.11. The molecule has 2 heteroatoms. The topological polar surface area (TPSA) is 30.0 Å². The number of nitrogens with zero attached hydrogens (tertiary/aromatic N) is 1. The third-order valence-electron chi connectivity index (χ3n) is 3.57. The van der Waals surface area contributed by atoms with E-state index in [-0.39, 0.29) is 5.48 Å². The second-order valence-electron chi connectivity index (χ2n) is 6.07. The van der Waals surface area contributed by atoms with Gasteiger partial charge in [0.05, 0.1) is 20.6 Å². The maximum Gasteiger partial charge on any atom is 0.104 e. The maximum atomic E-state index is 2.35. The highest BCUT2D eigenvalue weighted by atomic mass is 16.0. The average molecular weight is 265 g/mol. The fraction of sp³-hybridized carbons (Fsp3) is 0.647. The van der Waals surface area contributed by atoms with Crippen LogP contribution in [0.25, 0.3) is 0 Å². The van der Waals surface area contributed by atoms with Gasteiger partial charge in [-0.1, -0.05) is 62.9 Å². The van der Waals surface area contributed by atoms with Crippen LogP contribution in [-0.2, 0) is 6.54 Å². The lowest BCUT2D eigenvalue weighted by molar-refractivity contribution is -0.903. The highest BCUT2D eigenvalue weighted by molar-refractivity contribution is 5.13. The molecule has 0 unspecified atom stereocenters. The molecule has 110 valence electrons. The number of unbranched alkanes of at least 4 members (excludes halogenated alkanes) is 5. The van der Waals surface area contributed by atoms with Gasteiger partial charge < -0.3 is 9.96 Å². The highest BCUT2D eigenvalue weighted by Crippen LogP contribution is 2.12. The number of quaternary nitrogens is 1. The molecule has 0 saturated heterocycles. The summed E-state index contributed by atoms with van der Waals surface area (Å²) in [4.78, 5) is 0. The van der Waals surface area contributed by atoms with Gasteiger partial charge in [0.2, 0.25) is 0 Å². The molecular formula is C17H31NO. The summed E-state index contributed by atoms with van der Waals surface area (Å²) in [6.45, 7) is 4.72. The first kappa shape index (κ1) is 18.1. The molecule has 0 aliphatic rings. The molecule has 0 amide bonds. The minimum absolute atomic E-state index is 0. The van der Waals surface area contributed by atoms with Crippen molar-refractivity contribution < 1.29 is 9.96 Å². The summed E-state index contributed by atoms with van der Waals surface area (Å²) >= 11 is 0. The first-order chi connectivity index (χ1) is 8.64. The van der Waals surface area contributed by atoms with Gasteiger partial charge in [-0.15, -0.1) is 0 Å². The van der Waals surface area contributed by atoms with E-state index in [1.54, 1.807) is 0 Å². The quantitative estimate of drug-likeness (QED) is 0.479. The standard InChI is InChI=1S/C17H30N.H2O/c1-4-5-6-7-8-12-15-18(2,3)16-17-13-10-9-11-14-17;/h9-11,13-14H,4-8,12,15-16H2,1-3H3;1H2/q+1;/p-1. The minimum Gasteiger partial charge on any atom is -0.870 e. The van der Waals surface area contributed by atoms with Crippen molar-refractivity contribution in [3.8, 4) is 0 Å². The van der Waals surface area contributed by atoms with Gasteiger partial charge in [-0.05, 0) is 12.8 Å². The van der Waals surface area contributed by atoms with Crippen molar-refractivity contribution in [1.82, 2.24) is 0 Å². The van der Waals surface area contributed by atoms with Gasteiger partial charge in [-0.25, -0.2) is 0 Å². The van der Waals surface area contributed by atoms with Crippen molar-refractivity contribution in [2.75, 3.05) is 20.6 Å². The zero-order chi connectivity index (χ0) is 13.3. The van der Waals surface area contributed by atoms with Crippen LogP contribution >= 0.6 is 0 Å². The fourth-order valence-electron chi connectivity index (χ4n) is 2.48. The number of hydrogen-bond donors (Lipinski definition) is 0. The van der Waals surface area contributed by atoms with Crippen LogP contribution < -0.4 is 0 Å². The summed E-state index contributed by atoms with van der Waals surface area (Å²) in [6, 6.07) is 10.8. The first-order valence-electron chi connectivity index (χ1n) is 7.50. The Morgan fingerprint density at radius 3 is 2.05 bits per heavy atom. The normalized spacial score (nSPS) is 11.1. The molecule has 1 aromatic carbocycles. The van der Waals surface area contributed by atoms with Crippen LogP contribution in [0.15, 0.2) is 30.3 Å². The largest absolute Gasteiger partial charge is 0.870 e. The molecule has 0 bridgehead atoms. The molecule has 0 heterocycles. The Hall–Kier alpha value is -0.860. The molecule has 0 atom stereocenters. The first-order valence-corrected chi connectivity index (χ1v) is 7.50. The van der Waals surface area contributed by atoms with Gasteiger partial charge in [0.1, 0.15) is 6.54 Å². The average Bonchev–Trinajstić information content (AvgIpc) is 2.34. The van der Waals surface area contributed by atoms with Crippen LogP contribution in [0, 0.1) is 0 Å². The lowest BCUT2D eigenvalue weighted by atomic mass is 10.1. The lowest BCUT2D eigenvalue weighted by Crippen LogP contribution is -2.39.